The molecule has 26 heavy (non-hydrogen) atoms. The van der Waals surface area contributed by atoms with Gasteiger partial charge in [0.05, 0.1) is 5.56 Å². The molecule has 1 fully saturated rings. The number of carbonyl (C=O) groups is 1. The first-order valence-corrected chi connectivity index (χ1v) is 8.32. The molecule has 0 bridgehead atoms. The summed E-state index contributed by atoms with van der Waals surface area (Å²) < 4.78 is 0. The third-order valence-corrected chi connectivity index (χ3v) is 4.45. The van der Waals surface area contributed by atoms with Gasteiger partial charge in [-0.15, -0.1) is 24.8 Å². The molecule has 1 aromatic carbocycles. The molecular formula is C19H26Cl2N4O. The van der Waals surface area contributed by atoms with Crippen LogP contribution < -0.4 is 10.6 Å². The zero-order valence-electron chi connectivity index (χ0n) is 15.1. The van der Waals surface area contributed by atoms with Crippen molar-refractivity contribution in [2.45, 2.75) is 18.9 Å². The maximum Gasteiger partial charge on any atom is 0.255 e. The predicted octanol–water partition coefficient (Wildman–Crippen LogP) is 3.22. The highest BCUT2D eigenvalue weighted by Gasteiger charge is 2.22. The monoisotopic (exact) mass is 396 g/mol. The van der Waals surface area contributed by atoms with E-state index in [4.69, 9.17) is 5.73 Å². The Morgan fingerprint density at radius 2 is 1.85 bits per heavy atom. The predicted molar refractivity (Wildman–Crippen MR) is 112 cm³/mol. The van der Waals surface area contributed by atoms with Crippen LogP contribution in [-0.4, -0.2) is 49.0 Å². The molecule has 1 unspecified atom stereocenters. The van der Waals surface area contributed by atoms with Crippen molar-refractivity contribution in [3.05, 3.63) is 48.3 Å². The van der Waals surface area contributed by atoms with Crippen molar-refractivity contribution in [3.63, 3.8) is 0 Å². The Morgan fingerprint density at radius 1 is 1.15 bits per heavy atom. The van der Waals surface area contributed by atoms with Crippen LogP contribution in [-0.2, 0) is 0 Å². The average molecular weight is 397 g/mol. The fourth-order valence-electron chi connectivity index (χ4n) is 3.04. The number of pyridine rings is 1. The number of hydrogen-bond donors (Lipinski definition) is 1. The molecule has 1 saturated heterocycles. The van der Waals surface area contributed by atoms with Gasteiger partial charge in [-0.1, -0.05) is 12.1 Å². The Morgan fingerprint density at radius 3 is 2.46 bits per heavy atom. The van der Waals surface area contributed by atoms with Gasteiger partial charge in [-0.2, -0.15) is 0 Å². The Kier molecular flexibility index (Phi) is 8.34. The van der Waals surface area contributed by atoms with Crippen molar-refractivity contribution in [1.29, 1.82) is 0 Å². The number of hydrogen-bond acceptors (Lipinski definition) is 4. The molecule has 2 aromatic rings. The van der Waals surface area contributed by atoms with Crippen LogP contribution in [0.2, 0.25) is 0 Å². The molecule has 1 amide bonds. The van der Waals surface area contributed by atoms with Gasteiger partial charge in [-0.3, -0.25) is 9.78 Å². The SMILES string of the molecule is CN(C)c1ccc(-c2cncc(C(=O)N3CCCC(N)C3)c2)cc1.Cl.Cl. The highest BCUT2D eigenvalue weighted by atomic mass is 35.5. The summed E-state index contributed by atoms with van der Waals surface area (Å²) >= 11 is 0. The van der Waals surface area contributed by atoms with E-state index in [1.807, 2.05) is 25.1 Å². The second-order valence-corrected chi connectivity index (χ2v) is 6.56. The molecule has 0 radical (unpaired) electrons. The van der Waals surface area contributed by atoms with Gasteiger partial charge in [0.15, 0.2) is 0 Å². The number of likely N-dealkylation sites (tertiary alicyclic amines) is 1. The number of carbonyl (C=O) groups excluding carboxylic acids is 1. The molecule has 1 aliphatic heterocycles. The number of nitrogens with zero attached hydrogens (tertiary/aromatic N) is 3. The van der Waals surface area contributed by atoms with E-state index in [2.05, 4.69) is 34.1 Å². The first-order chi connectivity index (χ1) is 11.5. The number of aromatic nitrogens is 1. The second-order valence-electron chi connectivity index (χ2n) is 6.56. The smallest absolute Gasteiger partial charge is 0.255 e. The molecule has 1 aliphatic rings. The van der Waals surface area contributed by atoms with Crippen molar-refractivity contribution >= 4 is 36.4 Å². The molecule has 5 nitrogen and oxygen atoms in total. The van der Waals surface area contributed by atoms with Crippen LogP contribution in [0.5, 0.6) is 0 Å². The summed E-state index contributed by atoms with van der Waals surface area (Å²) in [6.07, 6.45) is 5.38. The zero-order chi connectivity index (χ0) is 17.1. The quantitative estimate of drug-likeness (QED) is 0.864. The van der Waals surface area contributed by atoms with Gasteiger partial charge in [0.25, 0.3) is 5.91 Å². The molecule has 0 aliphatic carbocycles. The van der Waals surface area contributed by atoms with E-state index >= 15 is 0 Å². The van der Waals surface area contributed by atoms with Crippen molar-refractivity contribution in [2.24, 2.45) is 5.73 Å². The number of benzene rings is 1. The van der Waals surface area contributed by atoms with E-state index in [1.165, 1.54) is 0 Å². The van der Waals surface area contributed by atoms with E-state index in [9.17, 15) is 4.79 Å². The van der Waals surface area contributed by atoms with Gasteiger partial charge in [-0.05, 0) is 36.6 Å². The van der Waals surface area contributed by atoms with Gasteiger partial charge in [0.2, 0.25) is 0 Å². The van der Waals surface area contributed by atoms with Gasteiger partial charge < -0.3 is 15.5 Å². The zero-order valence-corrected chi connectivity index (χ0v) is 16.7. The van der Waals surface area contributed by atoms with Crippen LogP contribution in [0, 0.1) is 0 Å². The first-order valence-electron chi connectivity index (χ1n) is 8.32. The number of halogens is 2. The van der Waals surface area contributed by atoms with E-state index in [0.717, 1.165) is 36.2 Å². The number of amides is 1. The van der Waals surface area contributed by atoms with Crippen LogP contribution in [0.3, 0.4) is 0 Å². The molecular weight excluding hydrogens is 371 g/mol. The Labute approximate surface area is 167 Å². The summed E-state index contributed by atoms with van der Waals surface area (Å²) in [5, 5.41) is 0. The van der Waals surface area contributed by atoms with Gasteiger partial charge in [0, 0.05) is 56.9 Å². The van der Waals surface area contributed by atoms with Crippen LogP contribution in [0.1, 0.15) is 23.2 Å². The van der Waals surface area contributed by atoms with E-state index < -0.39 is 0 Å². The molecule has 1 aromatic heterocycles. The van der Waals surface area contributed by atoms with E-state index in [1.54, 1.807) is 12.4 Å². The van der Waals surface area contributed by atoms with Crippen LogP contribution in [0.15, 0.2) is 42.7 Å². The Hall–Kier alpha value is -1.82. The van der Waals surface area contributed by atoms with Crippen LogP contribution in [0.4, 0.5) is 5.69 Å². The summed E-state index contributed by atoms with van der Waals surface area (Å²) in [5.41, 5.74) is 9.76. The summed E-state index contributed by atoms with van der Waals surface area (Å²) in [6, 6.07) is 10.2. The minimum absolute atomic E-state index is 0. The highest BCUT2D eigenvalue weighted by Crippen LogP contribution is 2.23. The maximum atomic E-state index is 12.7. The molecule has 0 spiro atoms. The van der Waals surface area contributed by atoms with Gasteiger partial charge in [0.1, 0.15) is 0 Å². The standard InChI is InChI=1S/C19H24N4O.2ClH/c1-22(2)18-7-5-14(6-8-18)15-10-16(12-21-11-15)19(24)23-9-3-4-17(20)13-23;;/h5-8,10-12,17H,3-4,9,13,20H2,1-2H3;2*1H. The molecule has 3 rings (SSSR count). The summed E-state index contributed by atoms with van der Waals surface area (Å²) in [4.78, 5) is 20.9. The largest absolute Gasteiger partial charge is 0.378 e. The van der Waals surface area contributed by atoms with Crippen LogP contribution >= 0.6 is 24.8 Å². The lowest BCUT2D eigenvalue weighted by Crippen LogP contribution is -2.45. The highest BCUT2D eigenvalue weighted by molar-refractivity contribution is 5.95. The third kappa shape index (κ3) is 5.10. The average Bonchev–Trinajstić information content (AvgIpc) is 2.61. The number of rotatable bonds is 3. The molecule has 2 heterocycles. The summed E-state index contributed by atoms with van der Waals surface area (Å²) in [7, 11) is 4.03. The lowest BCUT2D eigenvalue weighted by molar-refractivity contribution is 0.0708. The topological polar surface area (TPSA) is 62.5 Å². The summed E-state index contributed by atoms with van der Waals surface area (Å²) in [6.45, 7) is 1.40. The second kappa shape index (κ2) is 9.76. The van der Waals surface area contributed by atoms with Crippen molar-refractivity contribution < 1.29 is 4.79 Å². The van der Waals surface area contributed by atoms with Gasteiger partial charge >= 0.3 is 0 Å². The minimum atomic E-state index is 0. The van der Waals surface area contributed by atoms with E-state index in [-0.39, 0.29) is 36.8 Å². The minimum Gasteiger partial charge on any atom is -0.378 e. The molecule has 142 valence electrons. The number of nitrogens with two attached hydrogens (primary N) is 1. The molecule has 0 saturated carbocycles. The van der Waals surface area contributed by atoms with Crippen molar-refractivity contribution in [2.75, 3.05) is 32.1 Å². The van der Waals surface area contributed by atoms with Crippen LogP contribution in [0.25, 0.3) is 11.1 Å². The number of anilines is 1. The molecule has 2 N–H and O–H groups in total. The fraction of sp³-hybridized carbons (Fsp3) is 0.368. The van der Waals surface area contributed by atoms with Crippen molar-refractivity contribution in [3.8, 4) is 11.1 Å². The normalized spacial score (nSPS) is 16.3. The molecule has 7 heteroatoms. The lowest BCUT2D eigenvalue weighted by Gasteiger charge is -2.30. The molecule has 1 atom stereocenters. The van der Waals surface area contributed by atoms with E-state index in [0.29, 0.717) is 12.1 Å². The maximum absolute atomic E-state index is 12.7. The third-order valence-electron chi connectivity index (χ3n) is 4.45. The first kappa shape index (κ1) is 22.2. The van der Waals surface area contributed by atoms with Crippen molar-refractivity contribution in [1.82, 2.24) is 9.88 Å². The number of piperidine rings is 1. The van der Waals surface area contributed by atoms with Gasteiger partial charge in [-0.25, -0.2) is 0 Å². The lowest BCUT2D eigenvalue weighted by atomic mass is 10.0. The Bertz CT molecular complexity index is 722. The summed E-state index contributed by atoms with van der Waals surface area (Å²) in [5.74, 6) is 0.0180. The Balaban J connectivity index is 0.00000169. The fourth-order valence-corrected chi connectivity index (χ4v) is 3.04.